The molecule has 0 heterocycles. The van der Waals surface area contributed by atoms with Gasteiger partial charge < -0.3 is 0 Å². The van der Waals surface area contributed by atoms with Crippen LogP contribution in [0.15, 0.2) is 49.1 Å². The van der Waals surface area contributed by atoms with E-state index in [-0.39, 0.29) is 0 Å². The van der Waals surface area contributed by atoms with Gasteiger partial charge in [0.25, 0.3) is 0 Å². The van der Waals surface area contributed by atoms with Crippen LogP contribution in [0.1, 0.15) is 19.4 Å². The quantitative estimate of drug-likeness (QED) is 0.575. The predicted molar refractivity (Wildman–Crippen MR) is 57.0 cm³/mol. The van der Waals surface area contributed by atoms with Crippen molar-refractivity contribution < 1.29 is 0 Å². The van der Waals surface area contributed by atoms with Gasteiger partial charge in [-0.05, 0) is 5.56 Å². The molecule has 1 aromatic rings. The average Bonchev–Trinajstić information content (AvgIpc) is 2.19. The molecular formula is C12H16. The SMILES string of the molecule is C=C/C=C/c1ccccc1.CC. The molecule has 0 fully saturated rings. The largest absolute Gasteiger partial charge is 0.0991 e. The van der Waals surface area contributed by atoms with Crippen molar-refractivity contribution in [1.29, 1.82) is 0 Å². The summed E-state index contributed by atoms with van der Waals surface area (Å²) in [6.07, 6.45) is 5.72. The zero-order valence-corrected chi connectivity index (χ0v) is 7.83. The van der Waals surface area contributed by atoms with E-state index in [0.717, 1.165) is 0 Å². The Kier molecular flexibility index (Phi) is 6.96. The molecule has 64 valence electrons. The lowest BCUT2D eigenvalue weighted by Crippen LogP contribution is -1.65. The molecule has 0 heteroatoms. The van der Waals surface area contributed by atoms with Gasteiger partial charge in [-0.2, -0.15) is 0 Å². The monoisotopic (exact) mass is 160 g/mol. The highest BCUT2D eigenvalue weighted by Gasteiger charge is 1.78. The van der Waals surface area contributed by atoms with Crippen LogP contribution in [0.25, 0.3) is 6.08 Å². The Morgan fingerprint density at radius 2 is 1.67 bits per heavy atom. The second-order valence-corrected chi connectivity index (χ2v) is 2.01. The number of allylic oxidation sites excluding steroid dienone is 2. The summed E-state index contributed by atoms with van der Waals surface area (Å²) in [4.78, 5) is 0. The van der Waals surface area contributed by atoms with E-state index in [0.29, 0.717) is 0 Å². The van der Waals surface area contributed by atoms with E-state index in [1.807, 2.05) is 44.2 Å². The van der Waals surface area contributed by atoms with E-state index < -0.39 is 0 Å². The first-order chi connectivity index (χ1) is 5.93. The van der Waals surface area contributed by atoms with Crippen molar-refractivity contribution in [3.63, 3.8) is 0 Å². The van der Waals surface area contributed by atoms with Crippen molar-refractivity contribution >= 4 is 6.08 Å². The van der Waals surface area contributed by atoms with Gasteiger partial charge in [0.1, 0.15) is 0 Å². The molecule has 1 aromatic carbocycles. The lowest BCUT2D eigenvalue weighted by molar-refractivity contribution is 1.50. The van der Waals surface area contributed by atoms with Gasteiger partial charge in [0.2, 0.25) is 0 Å². The molecule has 0 saturated heterocycles. The fourth-order valence-electron chi connectivity index (χ4n) is 0.743. The summed E-state index contributed by atoms with van der Waals surface area (Å²) in [5, 5.41) is 0. The van der Waals surface area contributed by atoms with Crippen LogP contribution in [-0.2, 0) is 0 Å². The van der Waals surface area contributed by atoms with Crippen molar-refractivity contribution in [3.8, 4) is 0 Å². The van der Waals surface area contributed by atoms with Gasteiger partial charge in [-0.25, -0.2) is 0 Å². The minimum Gasteiger partial charge on any atom is -0.0991 e. The fraction of sp³-hybridized carbons (Fsp3) is 0.167. The lowest BCUT2D eigenvalue weighted by Gasteiger charge is -1.87. The predicted octanol–water partition coefficient (Wildman–Crippen LogP) is 3.91. The summed E-state index contributed by atoms with van der Waals surface area (Å²) < 4.78 is 0. The highest BCUT2D eigenvalue weighted by molar-refractivity contribution is 5.50. The molecule has 0 spiro atoms. The van der Waals surface area contributed by atoms with E-state index in [4.69, 9.17) is 0 Å². The Bertz CT molecular complexity index is 219. The maximum absolute atomic E-state index is 3.59. The molecule has 0 nitrogen and oxygen atoms in total. The molecular weight excluding hydrogens is 144 g/mol. The van der Waals surface area contributed by atoms with Gasteiger partial charge in [0.15, 0.2) is 0 Å². The Morgan fingerprint density at radius 1 is 1.08 bits per heavy atom. The first-order valence-electron chi connectivity index (χ1n) is 4.27. The fourth-order valence-corrected chi connectivity index (χ4v) is 0.743. The molecule has 0 N–H and O–H groups in total. The van der Waals surface area contributed by atoms with Crippen molar-refractivity contribution in [1.82, 2.24) is 0 Å². The van der Waals surface area contributed by atoms with Crippen molar-refractivity contribution in [3.05, 3.63) is 54.6 Å². The topological polar surface area (TPSA) is 0 Å². The van der Waals surface area contributed by atoms with Crippen LogP contribution >= 0.6 is 0 Å². The minimum atomic E-state index is 1.21. The second-order valence-electron chi connectivity index (χ2n) is 2.01. The number of hydrogen-bond donors (Lipinski definition) is 0. The van der Waals surface area contributed by atoms with Crippen LogP contribution in [0, 0.1) is 0 Å². The second kappa shape index (κ2) is 7.80. The molecule has 0 amide bonds. The maximum Gasteiger partial charge on any atom is -0.0257 e. The molecule has 0 aliphatic rings. The van der Waals surface area contributed by atoms with E-state index in [1.54, 1.807) is 6.08 Å². The van der Waals surface area contributed by atoms with E-state index >= 15 is 0 Å². The summed E-state index contributed by atoms with van der Waals surface area (Å²) in [5.74, 6) is 0. The molecule has 1 rings (SSSR count). The maximum atomic E-state index is 3.59. The molecule has 0 aliphatic carbocycles. The summed E-state index contributed by atoms with van der Waals surface area (Å²) in [7, 11) is 0. The minimum absolute atomic E-state index is 1.21. The highest BCUT2D eigenvalue weighted by Crippen LogP contribution is 1.99. The molecule has 12 heavy (non-hydrogen) atoms. The van der Waals surface area contributed by atoms with Crippen LogP contribution < -0.4 is 0 Å². The average molecular weight is 160 g/mol. The Labute approximate surface area is 75.2 Å². The number of benzene rings is 1. The summed E-state index contributed by atoms with van der Waals surface area (Å²) in [6.45, 7) is 7.59. The Hall–Kier alpha value is -1.30. The van der Waals surface area contributed by atoms with Crippen LogP contribution in [-0.4, -0.2) is 0 Å². The smallest absolute Gasteiger partial charge is 0.0257 e. The third kappa shape index (κ3) is 4.51. The van der Waals surface area contributed by atoms with E-state index in [9.17, 15) is 0 Å². The number of rotatable bonds is 2. The zero-order valence-electron chi connectivity index (χ0n) is 7.83. The Balaban J connectivity index is 0.000000561. The van der Waals surface area contributed by atoms with E-state index in [2.05, 4.69) is 18.7 Å². The first-order valence-corrected chi connectivity index (χ1v) is 4.27. The first kappa shape index (κ1) is 10.7. The lowest BCUT2D eigenvalue weighted by atomic mass is 10.2. The summed E-state index contributed by atoms with van der Waals surface area (Å²) >= 11 is 0. The van der Waals surface area contributed by atoms with Gasteiger partial charge in [-0.3, -0.25) is 0 Å². The van der Waals surface area contributed by atoms with Crippen LogP contribution in [0.4, 0.5) is 0 Å². The van der Waals surface area contributed by atoms with E-state index in [1.165, 1.54) is 5.56 Å². The molecule has 0 unspecified atom stereocenters. The van der Waals surface area contributed by atoms with Crippen molar-refractivity contribution in [2.75, 3.05) is 0 Å². The standard InChI is InChI=1S/C10H10.C2H6/c1-2-3-7-10-8-5-4-6-9-10;1-2/h2-9H,1H2;1-2H3/b7-3+;. The molecule has 0 aliphatic heterocycles. The highest BCUT2D eigenvalue weighted by atomic mass is 13.8. The summed E-state index contributed by atoms with van der Waals surface area (Å²) in [6, 6.07) is 10.1. The van der Waals surface area contributed by atoms with Gasteiger partial charge in [-0.15, -0.1) is 0 Å². The third-order valence-electron chi connectivity index (χ3n) is 1.22. The molecule has 0 bridgehead atoms. The van der Waals surface area contributed by atoms with Gasteiger partial charge in [0.05, 0.1) is 0 Å². The van der Waals surface area contributed by atoms with Crippen LogP contribution in [0.5, 0.6) is 0 Å². The molecule has 0 atom stereocenters. The molecule has 0 aromatic heterocycles. The summed E-state index contributed by atoms with van der Waals surface area (Å²) in [5.41, 5.74) is 1.21. The molecule has 0 radical (unpaired) electrons. The van der Waals surface area contributed by atoms with Gasteiger partial charge >= 0.3 is 0 Å². The Morgan fingerprint density at radius 3 is 2.17 bits per heavy atom. The molecule has 0 saturated carbocycles. The van der Waals surface area contributed by atoms with Crippen molar-refractivity contribution in [2.24, 2.45) is 0 Å². The van der Waals surface area contributed by atoms with Crippen LogP contribution in [0.3, 0.4) is 0 Å². The van der Waals surface area contributed by atoms with Crippen LogP contribution in [0.2, 0.25) is 0 Å². The van der Waals surface area contributed by atoms with Crippen molar-refractivity contribution in [2.45, 2.75) is 13.8 Å². The third-order valence-corrected chi connectivity index (χ3v) is 1.22. The van der Waals surface area contributed by atoms with Gasteiger partial charge in [0, 0.05) is 0 Å². The number of hydrogen-bond acceptors (Lipinski definition) is 0. The van der Waals surface area contributed by atoms with Gasteiger partial charge in [-0.1, -0.05) is 69.0 Å². The zero-order chi connectivity index (χ0) is 9.23. The normalized spacial score (nSPS) is 8.83.